The Hall–Kier alpha value is -0.900. The van der Waals surface area contributed by atoms with Gasteiger partial charge in [-0.2, -0.15) is 0 Å². The van der Waals surface area contributed by atoms with Gasteiger partial charge in [-0.15, -0.1) is 0 Å². The standard InChI is InChI=1S/C22H21Br2N/c1-13-17-10-16-11-20(13)22(15-4-8-19(24)9-5-15)25(12-17)21(16)14-2-6-18(23)7-3-14/h2-9,16-17,20-22H,1,10-12H2/t16-,17-,20-,21-,22-/m1/s1. The minimum absolute atomic E-state index is 0.474. The molecule has 3 aliphatic heterocycles. The largest absolute Gasteiger partial charge is 0.288 e. The van der Waals surface area contributed by atoms with Crippen molar-refractivity contribution in [1.29, 1.82) is 0 Å². The van der Waals surface area contributed by atoms with Gasteiger partial charge in [0.1, 0.15) is 0 Å². The molecule has 4 aliphatic rings. The maximum absolute atomic E-state index is 4.51. The van der Waals surface area contributed by atoms with Crippen LogP contribution in [0.5, 0.6) is 0 Å². The Kier molecular flexibility index (Phi) is 3.96. The summed E-state index contributed by atoms with van der Waals surface area (Å²) in [7, 11) is 0. The lowest BCUT2D eigenvalue weighted by Gasteiger charge is -2.61. The number of hydrogen-bond acceptors (Lipinski definition) is 1. The minimum atomic E-state index is 0.474. The van der Waals surface area contributed by atoms with Crippen LogP contribution >= 0.6 is 31.9 Å². The van der Waals surface area contributed by atoms with Gasteiger partial charge in [-0.25, -0.2) is 0 Å². The van der Waals surface area contributed by atoms with Crippen LogP contribution in [0.2, 0.25) is 0 Å². The van der Waals surface area contributed by atoms with Gasteiger partial charge in [-0.3, -0.25) is 4.90 Å². The molecule has 0 N–H and O–H groups in total. The van der Waals surface area contributed by atoms with Crippen LogP contribution in [0.25, 0.3) is 0 Å². The fourth-order valence-electron chi connectivity index (χ4n) is 5.54. The van der Waals surface area contributed by atoms with Crippen molar-refractivity contribution >= 4 is 31.9 Å². The van der Waals surface area contributed by atoms with Gasteiger partial charge in [0.15, 0.2) is 0 Å². The second-order valence-electron chi connectivity index (χ2n) is 7.80. The van der Waals surface area contributed by atoms with Crippen molar-refractivity contribution in [1.82, 2.24) is 4.90 Å². The van der Waals surface area contributed by atoms with Crippen LogP contribution in [0.1, 0.15) is 36.1 Å². The molecule has 25 heavy (non-hydrogen) atoms. The molecule has 4 bridgehead atoms. The number of hydrogen-bond donors (Lipinski definition) is 0. The molecule has 1 aliphatic carbocycles. The van der Waals surface area contributed by atoms with Gasteiger partial charge in [-0.1, -0.05) is 68.3 Å². The summed E-state index contributed by atoms with van der Waals surface area (Å²) in [6, 6.07) is 19.0. The molecule has 6 atom stereocenters. The number of piperidine rings is 3. The first-order valence-electron chi connectivity index (χ1n) is 9.07. The third-order valence-corrected chi connectivity index (χ3v) is 7.60. The number of halogens is 2. The van der Waals surface area contributed by atoms with Crippen LogP contribution in [0.4, 0.5) is 0 Å². The average molecular weight is 459 g/mol. The molecule has 0 amide bonds. The third-order valence-electron chi connectivity index (χ3n) is 6.54. The Labute approximate surface area is 166 Å². The first-order chi connectivity index (χ1) is 12.1. The van der Waals surface area contributed by atoms with E-state index in [-0.39, 0.29) is 0 Å². The lowest BCUT2D eigenvalue weighted by atomic mass is 9.58. The van der Waals surface area contributed by atoms with E-state index in [4.69, 9.17) is 0 Å². The predicted molar refractivity (Wildman–Crippen MR) is 109 cm³/mol. The lowest BCUT2D eigenvalue weighted by Crippen LogP contribution is -2.57. The Morgan fingerprint density at radius 1 is 0.800 bits per heavy atom. The zero-order valence-corrected chi connectivity index (χ0v) is 17.2. The molecule has 1 nitrogen and oxygen atoms in total. The molecular formula is C22H21Br2N. The Balaban J connectivity index is 1.58. The highest BCUT2D eigenvalue weighted by atomic mass is 79.9. The molecule has 3 heterocycles. The molecule has 128 valence electrons. The van der Waals surface area contributed by atoms with Crippen LogP contribution in [0.3, 0.4) is 0 Å². The molecular weight excluding hydrogens is 438 g/mol. The normalized spacial score (nSPS) is 36.0. The monoisotopic (exact) mass is 457 g/mol. The van der Waals surface area contributed by atoms with Crippen molar-refractivity contribution < 1.29 is 0 Å². The van der Waals surface area contributed by atoms with Gasteiger partial charge in [0.2, 0.25) is 0 Å². The van der Waals surface area contributed by atoms with Gasteiger partial charge in [0.05, 0.1) is 0 Å². The second-order valence-corrected chi connectivity index (χ2v) is 9.63. The Morgan fingerprint density at radius 3 is 1.96 bits per heavy atom. The van der Waals surface area contributed by atoms with Crippen molar-refractivity contribution in [2.75, 3.05) is 6.54 Å². The first kappa shape index (κ1) is 16.3. The van der Waals surface area contributed by atoms with Crippen LogP contribution in [-0.2, 0) is 0 Å². The van der Waals surface area contributed by atoms with E-state index < -0.39 is 0 Å². The van der Waals surface area contributed by atoms with Crippen LogP contribution in [-0.4, -0.2) is 11.4 Å². The predicted octanol–water partition coefficient (Wildman–Crippen LogP) is 6.52. The number of nitrogens with zero attached hydrogens (tertiary/aromatic N) is 1. The second kappa shape index (κ2) is 6.07. The van der Waals surface area contributed by atoms with Crippen LogP contribution < -0.4 is 0 Å². The van der Waals surface area contributed by atoms with Crippen LogP contribution in [0, 0.1) is 17.8 Å². The quantitative estimate of drug-likeness (QED) is 0.463. The molecule has 6 rings (SSSR count). The summed E-state index contributed by atoms with van der Waals surface area (Å²) in [5.41, 5.74) is 4.42. The maximum atomic E-state index is 4.51. The highest BCUT2D eigenvalue weighted by molar-refractivity contribution is 9.10. The lowest BCUT2D eigenvalue weighted by molar-refractivity contribution is -0.0784. The fraction of sp³-hybridized carbons (Fsp3) is 0.364. The fourth-order valence-corrected chi connectivity index (χ4v) is 6.07. The Morgan fingerprint density at radius 2 is 1.36 bits per heavy atom. The van der Waals surface area contributed by atoms with E-state index in [0.29, 0.717) is 23.9 Å². The molecule has 1 saturated carbocycles. The molecule has 1 unspecified atom stereocenters. The highest BCUT2D eigenvalue weighted by Gasteiger charge is 2.54. The summed E-state index contributed by atoms with van der Waals surface area (Å²) in [6.45, 7) is 5.67. The summed E-state index contributed by atoms with van der Waals surface area (Å²) < 4.78 is 2.31. The molecule has 3 saturated heterocycles. The molecule has 2 aromatic rings. The number of rotatable bonds is 2. The summed E-state index contributed by atoms with van der Waals surface area (Å²) >= 11 is 7.16. The van der Waals surface area contributed by atoms with Gasteiger partial charge in [-0.05, 0) is 66.0 Å². The summed E-state index contributed by atoms with van der Waals surface area (Å²) in [5, 5.41) is 0. The van der Waals surface area contributed by atoms with E-state index in [1.165, 1.54) is 29.5 Å². The maximum Gasteiger partial charge on any atom is 0.0420 e. The SMILES string of the molecule is C=C1[C@@H]2C[C@@H]3C[C@H]1[C@@H](c1ccc(Br)cc1)N(C2)[C@@H]3c1ccc(Br)cc1. The van der Waals surface area contributed by atoms with Gasteiger partial charge in [0, 0.05) is 27.6 Å². The average Bonchev–Trinajstić information content (AvgIpc) is 2.61. The zero-order chi connectivity index (χ0) is 17.1. The van der Waals surface area contributed by atoms with Crippen LogP contribution in [0.15, 0.2) is 69.6 Å². The molecule has 0 radical (unpaired) electrons. The van der Waals surface area contributed by atoms with Crippen molar-refractivity contribution in [2.24, 2.45) is 17.8 Å². The highest BCUT2D eigenvalue weighted by Crippen LogP contribution is 2.61. The summed E-state index contributed by atoms with van der Waals surface area (Å²) in [5.74, 6) is 2.08. The van der Waals surface area contributed by atoms with Crippen molar-refractivity contribution in [3.63, 3.8) is 0 Å². The van der Waals surface area contributed by atoms with Crippen molar-refractivity contribution in [3.8, 4) is 0 Å². The summed E-state index contributed by atoms with van der Waals surface area (Å²) in [4.78, 5) is 2.79. The van der Waals surface area contributed by atoms with Gasteiger partial charge >= 0.3 is 0 Å². The molecule has 3 heteroatoms. The van der Waals surface area contributed by atoms with E-state index in [9.17, 15) is 0 Å². The van der Waals surface area contributed by atoms with Crippen molar-refractivity contribution in [2.45, 2.75) is 24.9 Å². The van der Waals surface area contributed by atoms with Gasteiger partial charge in [0.25, 0.3) is 0 Å². The van der Waals surface area contributed by atoms with E-state index in [2.05, 4.69) is 91.9 Å². The molecule has 0 spiro atoms. The van der Waals surface area contributed by atoms with Crippen molar-refractivity contribution in [3.05, 3.63) is 80.8 Å². The zero-order valence-electron chi connectivity index (χ0n) is 14.0. The minimum Gasteiger partial charge on any atom is -0.288 e. The first-order valence-corrected chi connectivity index (χ1v) is 10.7. The molecule has 4 fully saturated rings. The topological polar surface area (TPSA) is 3.24 Å². The van der Waals surface area contributed by atoms with E-state index in [0.717, 1.165) is 21.4 Å². The van der Waals surface area contributed by atoms with Gasteiger partial charge < -0.3 is 0 Å². The van der Waals surface area contributed by atoms with E-state index in [1.807, 2.05) is 0 Å². The molecule has 2 aromatic carbocycles. The van der Waals surface area contributed by atoms with E-state index in [1.54, 1.807) is 0 Å². The van der Waals surface area contributed by atoms with E-state index >= 15 is 0 Å². The summed E-state index contributed by atoms with van der Waals surface area (Å²) in [6.07, 6.45) is 2.60. The third kappa shape index (κ3) is 2.58. The number of benzene rings is 2. The smallest absolute Gasteiger partial charge is 0.0420 e. The Bertz CT molecular complexity index is 811. The molecule has 0 aromatic heterocycles.